The van der Waals surface area contributed by atoms with Crippen molar-refractivity contribution in [3.05, 3.63) is 0 Å². The molecule has 108 valence electrons. The predicted octanol–water partition coefficient (Wildman–Crippen LogP) is 3.13. The Hall–Kier alpha value is -0.610. The molecule has 0 rings (SSSR count). The second-order valence-corrected chi connectivity index (χ2v) is 4.96. The largest absolute Gasteiger partial charge is 0.330 e. The van der Waals surface area contributed by atoms with Crippen molar-refractivity contribution in [3.63, 3.8) is 0 Å². The van der Waals surface area contributed by atoms with E-state index in [-0.39, 0.29) is 5.91 Å². The number of hydrogen-bond donors (Lipinski definition) is 3. The van der Waals surface area contributed by atoms with Crippen molar-refractivity contribution in [1.82, 2.24) is 5.48 Å². The standard InChI is InChI=1S/C14H30N2O2/c15-13-11-9-7-5-3-1-2-4-6-8-10-12-14(17)16-18/h18H,1-13,15H2,(H,16,17). The van der Waals surface area contributed by atoms with E-state index in [4.69, 9.17) is 10.9 Å². The van der Waals surface area contributed by atoms with Crippen molar-refractivity contribution >= 4 is 5.91 Å². The van der Waals surface area contributed by atoms with Crippen LogP contribution in [0.4, 0.5) is 0 Å². The predicted molar refractivity (Wildman–Crippen MR) is 74.4 cm³/mol. The molecule has 0 saturated carbocycles. The first-order valence-electron chi connectivity index (χ1n) is 7.44. The Kier molecular flexibility index (Phi) is 14.0. The third-order valence-electron chi connectivity index (χ3n) is 3.23. The summed E-state index contributed by atoms with van der Waals surface area (Å²) in [5.41, 5.74) is 7.10. The molecule has 0 aliphatic carbocycles. The molecule has 4 N–H and O–H groups in total. The van der Waals surface area contributed by atoms with Crippen molar-refractivity contribution in [1.29, 1.82) is 0 Å². The van der Waals surface area contributed by atoms with Crippen molar-refractivity contribution in [2.24, 2.45) is 5.73 Å². The zero-order valence-electron chi connectivity index (χ0n) is 11.6. The summed E-state index contributed by atoms with van der Waals surface area (Å²) in [5, 5.41) is 8.31. The quantitative estimate of drug-likeness (QED) is 0.270. The Labute approximate surface area is 111 Å². The lowest BCUT2D eigenvalue weighted by atomic mass is 10.1. The topological polar surface area (TPSA) is 75.4 Å². The van der Waals surface area contributed by atoms with Crippen LogP contribution in [0.15, 0.2) is 0 Å². The third kappa shape index (κ3) is 13.5. The van der Waals surface area contributed by atoms with Crippen LogP contribution in [0.2, 0.25) is 0 Å². The molecule has 0 radical (unpaired) electrons. The van der Waals surface area contributed by atoms with E-state index < -0.39 is 0 Å². The molecule has 0 aliphatic rings. The van der Waals surface area contributed by atoms with Gasteiger partial charge < -0.3 is 5.73 Å². The monoisotopic (exact) mass is 258 g/mol. The highest BCUT2D eigenvalue weighted by Crippen LogP contribution is 2.11. The van der Waals surface area contributed by atoms with Crippen molar-refractivity contribution in [2.75, 3.05) is 6.54 Å². The van der Waals surface area contributed by atoms with E-state index in [1.54, 1.807) is 5.48 Å². The molecule has 0 aromatic rings. The number of rotatable bonds is 13. The fraction of sp³-hybridized carbons (Fsp3) is 0.929. The van der Waals surface area contributed by atoms with E-state index >= 15 is 0 Å². The summed E-state index contributed by atoms with van der Waals surface area (Å²) in [7, 11) is 0. The molecule has 1 amide bonds. The average molecular weight is 258 g/mol. The lowest BCUT2D eigenvalue weighted by molar-refractivity contribution is -0.129. The summed E-state index contributed by atoms with van der Waals surface area (Å²) in [6.07, 6.45) is 14.0. The van der Waals surface area contributed by atoms with E-state index in [1.165, 1.54) is 57.8 Å². The van der Waals surface area contributed by atoms with Gasteiger partial charge in [-0.1, -0.05) is 57.8 Å². The average Bonchev–Trinajstić information content (AvgIpc) is 2.39. The summed E-state index contributed by atoms with van der Waals surface area (Å²) in [6.45, 7) is 0.828. The number of hydroxylamine groups is 1. The molecule has 0 bridgehead atoms. The minimum Gasteiger partial charge on any atom is -0.330 e. The van der Waals surface area contributed by atoms with Crippen LogP contribution < -0.4 is 11.2 Å². The highest BCUT2D eigenvalue weighted by atomic mass is 16.5. The first-order valence-corrected chi connectivity index (χ1v) is 7.44. The molecule has 18 heavy (non-hydrogen) atoms. The first kappa shape index (κ1) is 17.4. The second kappa shape index (κ2) is 14.5. The van der Waals surface area contributed by atoms with Crippen LogP contribution in [0.25, 0.3) is 0 Å². The van der Waals surface area contributed by atoms with E-state index in [0.717, 1.165) is 19.4 Å². The van der Waals surface area contributed by atoms with Crippen LogP contribution in [0.5, 0.6) is 0 Å². The minimum atomic E-state index is -0.271. The molecule has 0 fully saturated rings. The fourth-order valence-corrected chi connectivity index (χ4v) is 2.08. The van der Waals surface area contributed by atoms with E-state index in [9.17, 15) is 4.79 Å². The number of carbonyl (C=O) groups is 1. The van der Waals surface area contributed by atoms with Gasteiger partial charge in [0.15, 0.2) is 0 Å². The summed E-state index contributed by atoms with van der Waals surface area (Å²) >= 11 is 0. The summed E-state index contributed by atoms with van der Waals surface area (Å²) < 4.78 is 0. The molecular weight excluding hydrogens is 228 g/mol. The molecule has 0 spiro atoms. The molecule has 4 nitrogen and oxygen atoms in total. The van der Waals surface area contributed by atoms with Crippen LogP contribution in [-0.4, -0.2) is 17.7 Å². The van der Waals surface area contributed by atoms with Crippen LogP contribution in [-0.2, 0) is 4.79 Å². The van der Waals surface area contributed by atoms with E-state index in [0.29, 0.717) is 6.42 Å². The Morgan fingerprint density at radius 3 is 1.56 bits per heavy atom. The zero-order valence-corrected chi connectivity index (χ0v) is 11.6. The van der Waals surface area contributed by atoms with Gasteiger partial charge >= 0.3 is 0 Å². The van der Waals surface area contributed by atoms with Gasteiger partial charge in [-0.25, -0.2) is 5.48 Å². The zero-order chi connectivity index (χ0) is 13.5. The Morgan fingerprint density at radius 1 is 0.778 bits per heavy atom. The highest BCUT2D eigenvalue weighted by Gasteiger charge is 1.98. The van der Waals surface area contributed by atoms with Gasteiger partial charge in [0.1, 0.15) is 0 Å². The smallest absolute Gasteiger partial charge is 0.243 e. The molecule has 0 unspecified atom stereocenters. The summed E-state index contributed by atoms with van der Waals surface area (Å²) in [6, 6.07) is 0. The van der Waals surface area contributed by atoms with Gasteiger partial charge in [-0.3, -0.25) is 10.0 Å². The fourth-order valence-electron chi connectivity index (χ4n) is 2.08. The van der Waals surface area contributed by atoms with Gasteiger partial charge in [0.2, 0.25) is 5.91 Å². The molecule has 0 saturated heterocycles. The van der Waals surface area contributed by atoms with E-state index in [1.807, 2.05) is 0 Å². The maximum Gasteiger partial charge on any atom is 0.243 e. The number of nitrogens with two attached hydrogens (primary N) is 1. The van der Waals surface area contributed by atoms with Gasteiger partial charge in [0.25, 0.3) is 0 Å². The Balaban J connectivity index is 2.97. The van der Waals surface area contributed by atoms with Gasteiger partial charge in [0, 0.05) is 6.42 Å². The molecule has 0 aromatic heterocycles. The lowest BCUT2D eigenvalue weighted by Crippen LogP contribution is -2.17. The second-order valence-electron chi connectivity index (χ2n) is 4.96. The van der Waals surface area contributed by atoms with Crippen LogP contribution in [0, 0.1) is 0 Å². The number of unbranched alkanes of at least 4 members (excludes halogenated alkanes) is 10. The van der Waals surface area contributed by atoms with Gasteiger partial charge in [-0.05, 0) is 19.4 Å². The van der Waals surface area contributed by atoms with E-state index in [2.05, 4.69) is 0 Å². The Bertz CT molecular complexity index is 187. The molecule has 0 aliphatic heterocycles. The van der Waals surface area contributed by atoms with Crippen LogP contribution in [0.3, 0.4) is 0 Å². The van der Waals surface area contributed by atoms with Gasteiger partial charge in [0.05, 0.1) is 0 Å². The number of hydrogen-bond acceptors (Lipinski definition) is 3. The van der Waals surface area contributed by atoms with Crippen molar-refractivity contribution in [2.45, 2.75) is 77.0 Å². The van der Waals surface area contributed by atoms with Gasteiger partial charge in [-0.2, -0.15) is 0 Å². The molecule has 4 heteroatoms. The lowest BCUT2D eigenvalue weighted by Gasteiger charge is -2.02. The number of amides is 1. The minimum absolute atomic E-state index is 0.271. The molecule has 0 aromatic carbocycles. The van der Waals surface area contributed by atoms with Gasteiger partial charge in [-0.15, -0.1) is 0 Å². The normalized spacial score (nSPS) is 10.6. The van der Waals surface area contributed by atoms with Crippen molar-refractivity contribution < 1.29 is 10.0 Å². The number of carbonyl (C=O) groups excluding carboxylic acids is 1. The molecular formula is C14H30N2O2. The maximum atomic E-state index is 10.7. The molecule has 0 atom stereocenters. The third-order valence-corrected chi connectivity index (χ3v) is 3.23. The SMILES string of the molecule is NCCCCCCCCCCCCCC(=O)NO. The van der Waals surface area contributed by atoms with Crippen LogP contribution >= 0.6 is 0 Å². The highest BCUT2D eigenvalue weighted by molar-refractivity contribution is 5.74. The molecule has 0 heterocycles. The van der Waals surface area contributed by atoms with Crippen molar-refractivity contribution in [3.8, 4) is 0 Å². The number of nitrogens with one attached hydrogen (secondary N) is 1. The van der Waals surface area contributed by atoms with Crippen LogP contribution in [0.1, 0.15) is 77.0 Å². The summed E-state index contributed by atoms with van der Waals surface area (Å²) in [4.78, 5) is 10.7. The summed E-state index contributed by atoms with van der Waals surface area (Å²) in [5.74, 6) is -0.271. The Morgan fingerprint density at radius 2 is 1.17 bits per heavy atom. The first-order chi connectivity index (χ1) is 8.81. The maximum absolute atomic E-state index is 10.7.